The molecule has 11 amide bonds. The second-order valence-corrected chi connectivity index (χ2v) is 28.6. The zero-order chi connectivity index (χ0) is 69.8. The maximum absolute atomic E-state index is 15.1. The molecule has 3 saturated heterocycles. The number of aryl methyl sites for hydroxylation is 1. The lowest BCUT2D eigenvalue weighted by atomic mass is 9.84. The first kappa shape index (κ1) is 76.5. The minimum atomic E-state index is -4.74. The molecule has 2 aliphatic carbocycles. The minimum absolute atomic E-state index is 0.0373. The molecular weight excluding hydrogens is 1240 g/mol. The van der Waals surface area contributed by atoms with Crippen molar-refractivity contribution in [1.82, 2.24) is 55.6 Å². The molecule has 3 aliphatic heterocycles. The Bertz CT molecular complexity index is 2900. The van der Waals surface area contributed by atoms with Crippen LogP contribution in [0.25, 0.3) is 0 Å². The van der Waals surface area contributed by atoms with Gasteiger partial charge < -0.3 is 55.6 Å². The highest BCUT2D eigenvalue weighted by Gasteiger charge is 2.51. The van der Waals surface area contributed by atoms with E-state index in [1.807, 2.05) is 34.6 Å². The van der Waals surface area contributed by atoms with Crippen LogP contribution in [0.2, 0.25) is 5.02 Å². The second kappa shape index (κ2) is 33.4. The lowest BCUT2D eigenvalue weighted by Crippen LogP contribution is -2.65. The molecule has 94 heavy (non-hydrogen) atoms. The normalized spacial score (nSPS) is 27.8. The summed E-state index contributed by atoms with van der Waals surface area (Å²) in [7, 11) is 7.38. The van der Waals surface area contributed by atoms with Gasteiger partial charge in [-0.15, -0.1) is 0 Å². The van der Waals surface area contributed by atoms with E-state index in [1.165, 1.54) is 75.6 Å². The van der Waals surface area contributed by atoms with E-state index in [1.54, 1.807) is 20.8 Å². The summed E-state index contributed by atoms with van der Waals surface area (Å²) in [6, 6.07) is -6.62. The fourth-order valence-corrected chi connectivity index (χ4v) is 14.8. The molecule has 6 rings (SSSR count). The van der Waals surface area contributed by atoms with Crippen molar-refractivity contribution in [2.45, 2.75) is 250 Å². The van der Waals surface area contributed by atoms with Crippen molar-refractivity contribution in [2.75, 3.05) is 54.9 Å². The fraction of sp³-hybridized carbons (Fsp3) is 0.750. The first-order valence-electron chi connectivity index (χ1n) is 34.2. The topological polar surface area (TPSA) is 259 Å². The summed E-state index contributed by atoms with van der Waals surface area (Å²) in [5.74, 6) is -7.44. The van der Waals surface area contributed by atoms with Crippen LogP contribution in [0.3, 0.4) is 0 Å². The average molecular weight is 1350 g/mol. The number of benzene rings is 1. The number of likely N-dealkylation sites (N-methyl/N-ethyl adjacent to an activating group) is 5. The van der Waals surface area contributed by atoms with Gasteiger partial charge in [0.1, 0.15) is 53.9 Å². The predicted molar refractivity (Wildman–Crippen MR) is 349 cm³/mol. The number of alkyl halides is 3. The largest absolute Gasteiger partial charge is 0.417 e. The molecule has 22 nitrogen and oxygen atoms in total. The van der Waals surface area contributed by atoms with Crippen molar-refractivity contribution < 1.29 is 65.9 Å². The Kier molecular flexibility index (Phi) is 27.2. The van der Waals surface area contributed by atoms with Gasteiger partial charge in [-0.1, -0.05) is 124 Å². The number of halogens is 4. The number of hydrogen-bond donors (Lipinski definition) is 4. The van der Waals surface area contributed by atoms with Crippen LogP contribution >= 0.6 is 11.6 Å². The molecule has 0 bridgehead atoms. The van der Waals surface area contributed by atoms with Gasteiger partial charge in [-0.05, 0) is 112 Å². The fourth-order valence-electron chi connectivity index (χ4n) is 14.4. The van der Waals surface area contributed by atoms with Crippen LogP contribution in [0.5, 0.6) is 0 Å². The average Bonchev–Trinajstić information content (AvgIpc) is 1.17. The van der Waals surface area contributed by atoms with E-state index in [0.29, 0.717) is 37.7 Å². The number of amides is 11. The molecule has 5 fully saturated rings. The monoisotopic (exact) mass is 1340 g/mol. The third kappa shape index (κ3) is 18.5. The highest BCUT2D eigenvalue weighted by molar-refractivity contribution is 6.31. The highest BCUT2D eigenvalue weighted by atomic mass is 35.5. The number of carbonyl (C=O) groups excluding carboxylic acids is 11. The number of nitrogens with zero attached hydrogens (tertiary/aromatic N) is 7. The number of fused-ring (bicyclic) bond motifs is 2. The molecule has 5 aliphatic rings. The summed E-state index contributed by atoms with van der Waals surface area (Å²) in [5, 5.41) is 11.1. The van der Waals surface area contributed by atoms with Crippen molar-refractivity contribution >= 4 is 76.6 Å². The number of nitrogens with one attached hydrogen (secondary N) is 4. The lowest BCUT2D eigenvalue weighted by molar-refractivity contribution is -0.161. The van der Waals surface area contributed by atoms with Crippen molar-refractivity contribution in [3.8, 4) is 0 Å². The molecule has 0 aromatic heterocycles. The van der Waals surface area contributed by atoms with Crippen molar-refractivity contribution in [1.29, 1.82) is 0 Å². The Hall–Kier alpha value is -6.53. The summed E-state index contributed by atoms with van der Waals surface area (Å²) in [6.45, 7) is 14.1. The molecule has 0 radical (unpaired) electrons. The second-order valence-electron chi connectivity index (χ2n) is 28.2. The van der Waals surface area contributed by atoms with Gasteiger partial charge in [0.05, 0.1) is 17.1 Å². The van der Waals surface area contributed by atoms with E-state index in [-0.39, 0.29) is 89.1 Å². The number of rotatable bonds is 12. The third-order valence-corrected chi connectivity index (χ3v) is 20.6. The van der Waals surface area contributed by atoms with Crippen molar-refractivity contribution in [3.05, 3.63) is 34.3 Å². The molecule has 526 valence electrons. The Balaban J connectivity index is 1.39. The standard InChI is InChI=1S/C68H105ClF3N11O11/c1-14-22-50-64(92)83-34-30-51(83)63(91)80(12)53(38-44-23-17-16-18-24-44)62(90)77(9)39-54(84)74-48(29-27-45-26-28-46(47(69)37-45)68(70,71)72)61(89)82-33-21-25-49(82)59(87)76-67(31-19-20-32-67)66(94)81(13)57(41(5)6)60(88)73-43(8)36-55(85)78(10)52(35-40(3)4)58(86)75-56(42(7)15-2)65(93)79(50)11/h26,28,37,40-44,48-53,56-57H,14-25,27,29-36,38-39H2,1-13H3,(H,73,88)(H,74,84)(H,75,86)(H,76,87)/t42-,43+,48-,49-,50-,51-,52-,53-,56-,57-/m0/s1. The molecule has 1 spiro atoms. The molecule has 10 atom stereocenters. The van der Waals surface area contributed by atoms with E-state index < -0.39 is 160 Å². The van der Waals surface area contributed by atoms with Gasteiger partial charge in [0, 0.05) is 60.8 Å². The van der Waals surface area contributed by atoms with Crippen molar-refractivity contribution in [2.24, 2.45) is 23.7 Å². The summed E-state index contributed by atoms with van der Waals surface area (Å²) >= 11 is 6.14. The van der Waals surface area contributed by atoms with Gasteiger partial charge in [0.2, 0.25) is 65.0 Å². The predicted octanol–water partition coefficient (Wildman–Crippen LogP) is 6.48. The number of hydrogen-bond acceptors (Lipinski definition) is 11. The van der Waals surface area contributed by atoms with Crippen LogP contribution in [0.1, 0.15) is 189 Å². The van der Waals surface area contributed by atoms with Crippen LogP contribution in [0, 0.1) is 23.7 Å². The molecule has 3 heterocycles. The number of carbonyl (C=O) groups is 11. The van der Waals surface area contributed by atoms with Gasteiger partial charge in [-0.3, -0.25) is 52.7 Å². The van der Waals surface area contributed by atoms with Gasteiger partial charge in [0.15, 0.2) is 0 Å². The van der Waals surface area contributed by atoms with Crippen LogP contribution in [0.15, 0.2) is 18.2 Å². The first-order valence-corrected chi connectivity index (χ1v) is 34.6. The molecular formula is C68H105ClF3N11O11. The zero-order valence-electron chi connectivity index (χ0n) is 57.6. The highest BCUT2D eigenvalue weighted by Crippen LogP contribution is 2.37. The maximum Gasteiger partial charge on any atom is 0.417 e. The quantitative estimate of drug-likeness (QED) is 0.176. The van der Waals surface area contributed by atoms with Crippen LogP contribution in [-0.2, 0) is 65.3 Å². The Morgan fingerprint density at radius 3 is 1.85 bits per heavy atom. The summed E-state index contributed by atoms with van der Waals surface area (Å²) in [4.78, 5) is 172. The van der Waals surface area contributed by atoms with Gasteiger partial charge in [-0.25, -0.2) is 0 Å². The van der Waals surface area contributed by atoms with E-state index in [0.717, 1.165) is 44.2 Å². The van der Waals surface area contributed by atoms with Crippen LogP contribution in [-0.4, -0.2) is 214 Å². The van der Waals surface area contributed by atoms with Gasteiger partial charge in [0.25, 0.3) is 0 Å². The van der Waals surface area contributed by atoms with Crippen LogP contribution < -0.4 is 21.3 Å². The summed E-state index contributed by atoms with van der Waals surface area (Å²) < 4.78 is 41.4. The Morgan fingerprint density at radius 2 is 1.28 bits per heavy atom. The molecule has 0 unspecified atom stereocenters. The van der Waals surface area contributed by atoms with E-state index in [2.05, 4.69) is 21.3 Å². The molecule has 1 aromatic carbocycles. The third-order valence-electron chi connectivity index (χ3n) is 20.3. The van der Waals surface area contributed by atoms with E-state index in [4.69, 9.17) is 11.6 Å². The van der Waals surface area contributed by atoms with Crippen LogP contribution in [0.4, 0.5) is 13.2 Å². The van der Waals surface area contributed by atoms with Gasteiger partial charge in [-0.2, -0.15) is 13.2 Å². The first-order chi connectivity index (χ1) is 44.2. The maximum atomic E-state index is 15.1. The summed E-state index contributed by atoms with van der Waals surface area (Å²) in [6.07, 6.45) is 3.07. The lowest BCUT2D eigenvalue weighted by Gasteiger charge is -2.46. The molecule has 26 heteroatoms. The SMILES string of the molecule is CCC[C@H]1C(=O)N2CC[C@H]2C(=O)N(C)[C@@H](CC2CCCCC2)C(=O)N(C)CC(=O)N[C@@H](CCc2ccc(C(F)(F)F)c(Cl)c2)C(=O)N2CCC[C@H]2C(=O)NC2(CCCC2)C(=O)N(C)[C@@H](C(C)C)C(=O)N[C@H](C)CC(=O)N(C)[C@@H](CC(C)C)C(=O)N[C@@H]([C@@H](C)CC)C(=O)N1C. The van der Waals surface area contributed by atoms with E-state index >= 15 is 9.59 Å². The molecule has 1 aromatic rings. The zero-order valence-corrected chi connectivity index (χ0v) is 58.4. The van der Waals surface area contributed by atoms with Crippen molar-refractivity contribution in [3.63, 3.8) is 0 Å². The van der Waals surface area contributed by atoms with Gasteiger partial charge >= 0.3 is 6.18 Å². The van der Waals surface area contributed by atoms with E-state index in [9.17, 15) is 56.3 Å². The Morgan fingerprint density at radius 1 is 0.638 bits per heavy atom. The summed E-state index contributed by atoms with van der Waals surface area (Å²) in [5.41, 5.74) is -2.24. The molecule has 4 N–H and O–H groups in total. The minimum Gasteiger partial charge on any atom is -0.351 e. The smallest absolute Gasteiger partial charge is 0.351 e. The molecule has 2 saturated carbocycles. The Labute approximate surface area is 558 Å².